The lowest BCUT2D eigenvalue weighted by molar-refractivity contribution is -0.552. The number of hydrogen-bond donors (Lipinski definition) is 0. The van der Waals surface area contributed by atoms with Gasteiger partial charge in [-0.1, -0.05) is 66.7 Å². The molecule has 6 heteroatoms. The van der Waals surface area contributed by atoms with Gasteiger partial charge in [0, 0.05) is 101 Å². The number of hydrogen-bond acceptors (Lipinski definition) is 5. The molecule has 6 rings (SSSR count). The third-order valence-corrected chi connectivity index (χ3v) is 9.68. The lowest BCUT2D eigenvalue weighted by Gasteiger charge is -2.27. The fraction of sp³-hybridized carbons (Fsp3) is 0.279. The van der Waals surface area contributed by atoms with E-state index < -0.39 is 0 Å². The Labute approximate surface area is 293 Å². The quantitative estimate of drug-likeness (QED) is 0.137. The van der Waals surface area contributed by atoms with Gasteiger partial charge in [0.2, 0.25) is 0 Å². The lowest BCUT2D eigenvalue weighted by Crippen LogP contribution is -2.35. The monoisotopic (exact) mass is 651 g/mol. The maximum atomic E-state index is 2.64. The fourth-order valence-corrected chi connectivity index (χ4v) is 6.94. The number of amidine groups is 1. The number of nitrogens with zero attached hydrogens (tertiary/aromatic N) is 6. The van der Waals surface area contributed by atoms with Gasteiger partial charge in [-0.3, -0.25) is 0 Å². The summed E-state index contributed by atoms with van der Waals surface area (Å²) in [7, 11) is 16.8. The van der Waals surface area contributed by atoms with E-state index in [4.69, 9.17) is 0 Å². The van der Waals surface area contributed by atoms with E-state index in [0.29, 0.717) is 0 Å². The zero-order valence-corrected chi connectivity index (χ0v) is 30.4. The van der Waals surface area contributed by atoms with E-state index in [2.05, 4.69) is 213 Å². The molecule has 0 amide bonds. The van der Waals surface area contributed by atoms with Crippen LogP contribution in [0.15, 0.2) is 127 Å². The van der Waals surface area contributed by atoms with E-state index in [0.717, 1.165) is 13.1 Å². The highest BCUT2D eigenvalue weighted by Gasteiger charge is 2.42. The van der Waals surface area contributed by atoms with Crippen molar-refractivity contribution in [2.75, 3.05) is 89.1 Å². The summed E-state index contributed by atoms with van der Waals surface area (Å²) in [4.78, 5) is 11.3. The molecule has 252 valence electrons. The van der Waals surface area contributed by atoms with Crippen molar-refractivity contribution >= 4 is 28.6 Å². The van der Waals surface area contributed by atoms with Gasteiger partial charge in [0.1, 0.15) is 25.2 Å². The third-order valence-electron chi connectivity index (χ3n) is 9.68. The van der Waals surface area contributed by atoms with Crippen LogP contribution in [0, 0.1) is 0 Å². The molecule has 0 saturated heterocycles. The molecule has 0 radical (unpaired) electrons. The van der Waals surface area contributed by atoms with Crippen LogP contribution < -0.4 is 19.6 Å². The number of anilines is 4. The van der Waals surface area contributed by atoms with Gasteiger partial charge in [-0.25, -0.2) is 9.48 Å². The Bertz CT molecular complexity index is 1740. The average Bonchev–Trinajstić information content (AvgIpc) is 3.53. The van der Waals surface area contributed by atoms with Crippen LogP contribution in [-0.4, -0.2) is 84.8 Å². The minimum Gasteiger partial charge on any atom is -0.378 e. The van der Waals surface area contributed by atoms with Crippen LogP contribution in [0.4, 0.5) is 22.7 Å². The summed E-state index contributed by atoms with van der Waals surface area (Å²) >= 11 is 0. The minimum atomic E-state index is 0.0283. The molecular weight excluding hydrogens is 601 g/mol. The highest BCUT2D eigenvalue weighted by atomic mass is 15.3. The average molecular weight is 652 g/mol. The second-order valence-electron chi connectivity index (χ2n) is 13.8. The van der Waals surface area contributed by atoms with Crippen LogP contribution in [0.5, 0.6) is 0 Å². The Hall–Kier alpha value is -5.23. The molecule has 0 fully saturated rings. The largest absolute Gasteiger partial charge is 0.378 e. The first kappa shape index (κ1) is 33.7. The topological polar surface area (TPSA) is 19.2 Å². The lowest BCUT2D eigenvalue weighted by atomic mass is 9.95. The van der Waals surface area contributed by atoms with Gasteiger partial charge >= 0.3 is 0 Å². The molecule has 0 saturated carbocycles. The molecule has 6 nitrogen and oxygen atoms in total. The highest BCUT2D eigenvalue weighted by Crippen LogP contribution is 2.37. The first-order valence-electron chi connectivity index (χ1n) is 17.2. The van der Waals surface area contributed by atoms with Crippen molar-refractivity contribution in [1.29, 1.82) is 0 Å². The Kier molecular flexibility index (Phi) is 9.95. The second-order valence-corrected chi connectivity index (χ2v) is 13.8. The van der Waals surface area contributed by atoms with Crippen molar-refractivity contribution in [3.05, 3.63) is 155 Å². The molecular formula is C43H51N6+. The minimum absolute atomic E-state index is 0.0283. The second kappa shape index (κ2) is 14.5. The smallest absolute Gasteiger partial charge is 0.281 e. The van der Waals surface area contributed by atoms with Crippen LogP contribution >= 0.6 is 0 Å². The maximum Gasteiger partial charge on any atom is 0.281 e. The Morgan fingerprint density at radius 1 is 0.449 bits per heavy atom. The molecule has 0 N–H and O–H groups in total. The van der Waals surface area contributed by atoms with E-state index in [9.17, 15) is 0 Å². The van der Waals surface area contributed by atoms with Gasteiger partial charge in [-0.15, -0.1) is 0 Å². The van der Waals surface area contributed by atoms with Crippen molar-refractivity contribution in [1.82, 2.24) is 4.90 Å². The predicted molar refractivity (Wildman–Crippen MR) is 209 cm³/mol. The standard InChI is InChI=1S/C43H51N6/c1-44(2)37-22-14-32(15-23-37)41(33-16-24-38(25-17-33)45(3)4)48-30-31-49(43(48)36-12-10-9-11-13-36)42(34-18-26-39(27-19-34)46(5)6)35-20-28-40(29-21-35)47(7)8/h9-29,41-42H,30-31H2,1-8H3/q+1. The van der Waals surface area contributed by atoms with Crippen molar-refractivity contribution in [2.45, 2.75) is 12.1 Å². The third kappa shape index (κ3) is 7.14. The van der Waals surface area contributed by atoms with Crippen LogP contribution in [0.2, 0.25) is 0 Å². The van der Waals surface area contributed by atoms with Crippen LogP contribution in [0.25, 0.3) is 0 Å². The molecule has 0 aromatic heterocycles. The van der Waals surface area contributed by atoms with Gasteiger partial charge in [0.05, 0.1) is 5.56 Å². The Morgan fingerprint density at radius 3 is 1.14 bits per heavy atom. The van der Waals surface area contributed by atoms with E-state index in [1.807, 2.05) is 0 Å². The molecule has 0 spiro atoms. The molecule has 1 heterocycles. The van der Waals surface area contributed by atoms with Gasteiger partial charge in [0.25, 0.3) is 5.84 Å². The molecule has 0 bridgehead atoms. The van der Waals surface area contributed by atoms with Crippen LogP contribution in [0.3, 0.4) is 0 Å². The molecule has 1 aliphatic heterocycles. The summed E-state index contributed by atoms with van der Waals surface area (Å²) < 4.78 is 2.64. The molecule has 5 aromatic rings. The zero-order chi connectivity index (χ0) is 34.7. The normalized spacial score (nSPS) is 13.0. The van der Waals surface area contributed by atoms with Crippen molar-refractivity contribution in [3.63, 3.8) is 0 Å². The van der Waals surface area contributed by atoms with Gasteiger partial charge in [0.15, 0.2) is 0 Å². The fourth-order valence-electron chi connectivity index (χ4n) is 6.94. The first-order chi connectivity index (χ1) is 23.6. The van der Waals surface area contributed by atoms with Crippen molar-refractivity contribution < 1.29 is 4.58 Å². The molecule has 0 atom stereocenters. The molecule has 0 aliphatic carbocycles. The van der Waals surface area contributed by atoms with Gasteiger partial charge in [-0.05, 0) is 60.7 Å². The first-order valence-corrected chi connectivity index (χ1v) is 17.2. The van der Waals surface area contributed by atoms with E-state index in [1.165, 1.54) is 56.4 Å². The van der Waals surface area contributed by atoms with E-state index in [1.54, 1.807) is 0 Å². The summed E-state index contributed by atoms with van der Waals surface area (Å²) in [5.41, 5.74) is 11.1. The summed E-state index contributed by atoms with van der Waals surface area (Å²) in [5.74, 6) is 1.25. The van der Waals surface area contributed by atoms with Gasteiger partial charge < -0.3 is 19.6 Å². The Morgan fingerprint density at radius 2 is 0.796 bits per heavy atom. The number of rotatable bonds is 11. The van der Waals surface area contributed by atoms with E-state index >= 15 is 0 Å². The van der Waals surface area contributed by atoms with Crippen molar-refractivity contribution in [2.24, 2.45) is 0 Å². The molecule has 49 heavy (non-hydrogen) atoms. The SMILES string of the molecule is CN(C)c1ccc(C(c2ccc(N(C)C)cc2)N2CC[N+](C(c3ccc(N(C)C)cc3)c3ccc(N(C)C)cc3)=C2c2ccccc2)cc1. The summed E-state index contributed by atoms with van der Waals surface area (Å²) in [6.45, 7) is 1.78. The molecule has 5 aromatic carbocycles. The summed E-state index contributed by atoms with van der Waals surface area (Å²) in [6, 6.07) is 47.4. The Balaban J connectivity index is 1.57. The zero-order valence-electron chi connectivity index (χ0n) is 30.4. The highest BCUT2D eigenvalue weighted by molar-refractivity contribution is 5.96. The van der Waals surface area contributed by atoms with Crippen LogP contribution in [0.1, 0.15) is 39.9 Å². The van der Waals surface area contributed by atoms with E-state index in [-0.39, 0.29) is 12.1 Å². The van der Waals surface area contributed by atoms with Crippen molar-refractivity contribution in [3.8, 4) is 0 Å². The predicted octanol–water partition coefficient (Wildman–Crippen LogP) is 7.60. The van der Waals surface area contributed by atoms with Gasteiger partial charge in [-0.2, -0.15) is 0 Å². The molecule has 0 unspecified atom stereocenters. The maximum absolute atomic E-state index is 2.64. The molecule has 1 aliphatic rings. The summed E-state index contributed by atoms with van der Waals surface area (Å²) in [6.07, 6.45) is 0. The van der Waals surface area contributed by atoms with Crippen LogP contribution in [-0.2, 0) is 0 Å². The summed E-state index contributed by atoms with van der Waals surface area (Å²) in [5, 5.41) is 0. The number of benzene rings is 5.